The minimum Gasteiger partial charge on any atom is -0.480 e. The summed E-state index contributed by atoms with van der Waals surface area (Å²) < 4.78 is 0. The normalized spacial score (nSPS) is 11.6. The summed E-state index contributed by atoms with van der Waals surface area (Å²) in [4.78, 5) is 20.1. The van der Waals surface area contributed by atoms with Crippen molar-refractivity contribution in [2.24, 2.45) is 0 Å². The van der Waals surface area contributed by atoms with E-state index in [4.69, 9.17) is 5.11 Å². The van der Waals surface area contributed by atoms with Crippen molar-refractivity contribution < 1.29 is 9.90 Å². The van der Waals surface area contributed by atoms with Gasteiger partial charge in [0.2, 0.25) is 0 Å². The zero-order chi connectivity index (χ0) is 11.8. The van der Waals surface area contributed by atoms with Gasteiger partial charge in [0.05, 0.1) is 11.2 Å². The Kier molecular flexibility index (Phi) is 2.51. The van der Waals surface area contributed by atoms with Gasteiger partial charge in [0.1, 0.15) is 15.9 Å². The highest BCUT2D eigenvalue weighted by Crippen LogP contribution is 2.25. The van der Waals surface area contributed by atoms with E-state index in [1.54, 1.807) is 31.6 Å². The lowest BCUT2D eigenvalue weighted by molar-refractivity contribution is -0.141. The molecule has 0 bridgehead atoms. The van der Waals surface area contributed by atoms with Crippen LogP contribution in [0.5, 0.6) is 0 Å². The number of nitrogens with one attached hydrogen (secondary N) is 1. The van der Waals surface area contributed by atoms with Gasteiger partial charge in [0.25, 0.3) is 0 Å². The molecule has 2 rings (SSSR count). The van der Waals surface area contributed by atoms with Crippen LogP contribution >= 0.6 is 11.3 Å². The molecule has 5 nitrogen and oxygen atoms in total. The molecule has 0 saturated carbocycles. The Morgan fingerprint density at radius 1 is 1.50 bits per heavy atom. The second-order valence-corrected chi connectivity index (χ2v) is 4.75. The minimum atomic E-state index is -1.03. The number of aromatic nitrogens is 2. The molecule has 0 aliphatic carbocycles. The number of carboxylic acids is 1. The lowest BCUT2D eigenvalue weighted by Gasteiger charge is -2.22. The minimum absolute atomic E-state index is 0.693. The molecular formula is C10H11N3O2S. The summed E-state index contributed by atoms with van der Waals surface area (Å²) in [6, 6.07) is 1.73. The monoisotopic (exact) mass is 237 g/mol. The van der Waals surface area contributed by atoms with Crippen molar-refractivity contribution in [3.63, 3.8) is 0 Å². The molecule has 0 fully saturated rings. The second-order valence-electron chi connectivity index (χ2n) is 3.92. The van der Waals surface area contributed by atoms with E-state index in [1.165, 1.54) is 11.3 Å². The van der Waals surface area contributed by atoms with Gasteiger partial charge in [-0.05, 0) is 19.9 Å². The Bertz CT molecular complexity index is 536. The smallest absolute Gasteiger partial charge is 0.328 e. The molecule has 2 aromatic rings. The molecule has 0 amide bonds. The van der Waals surface area contributed by atoms with Gasteiger partial charge < -0.3 is 10.4 Å². The van der Waals surface area contributed by atoms with Gasteiger partial charge in [-0.1, -0.05) is 0 Å². The molecule has 2 heterocycles. The van der Waals surface area contributed by atoms with Gasteiger partial charge in [0, 0.05) is 6.20 Å². The third-order valence-corrected chi connectivity index (χ3v) is 2.95. The molecule has 84 valence electrons. The maximum absolute atomic E-state index is 11.0. The predicted octanol–water partition coefficient (Wildman–Crippen LogP) is 1.97. The van der Waals surface area contributed by atoms with E-state index in [0.29, 0.717) is 11.2 Å². The van der Waals surface area contributed by atoms with Crippen LogP contribution in [0.25, 0.3) is 10.3 Å². The van der Waals surface area contributed by atoms with Crippen LogP contribution in [0.1, 0.15) is 13.8 Å². The second kappa shape index (κ2) is 3.71. The largest absolute Gasteiger partial charge is 0.480 e. The van der Waals surface area contributed by atoms with Crippen LogP contribution in [0, 0.1) is 0 Å². The van der Waals surface area contributed by atoms with Crippen LogP contribution in [0.2, 0.25) is 0 Å². The zero-order valence-electron chi connectivity index (χ0n) is 8.89. The van der Waals surface area contributed by atoms with Crippen molar-refractivity contribution in [1.29, 1.82) is 0 Å². The van der Waals surface area contributed by atoms with Crippen molar-refractivity contribution in [2.45, 2.75) is 19.4 Å². The molecule has 2 aromatic heterocycles. The van der Waals surface area contributed by atoms with Crippen molar-refractivity contribution >= 4 is 33.3 Å². The van der Waals surface area contributed by atoms with Crippen LogP contribution in [0.3, 0.4) is 0 Å². The average Bonchev–Trinajstić information content (AvgIpc) is 2.65. The molecule has 0 spiro atoms. The van der Waals surface area contributed by atoms with Crippen molar-refractivity contribution in [2.75, 3.05) is 5.32 Å². The molecule has 2 N–H and O–H groups in total. The van der Waals surface area contributed by atoms with Crippen LogP contribution in [-0.2, 0) is 4.79 Å². The fourth-order valence-electron chi connectivity index (χ4n) is 1.27. The van der Waals surface area contributed by atoms with Crippen LogP contribution in [0.15, 0.2) is 17.8 Å². The molecule has 16 heavy (non-hydrogen) atoms. The van der Waals surface area contributed by atoms with Crippen LogP contribution in [-0.4, -0.2) is 26.6 Å². The Hall–Kier alpha value is -1.69. The van der Waals surface area contributed by atoms with E-state index in [2.05, 4.69) is 15.3 Å². The van der Waals surface area contributed by atoms with Crippen molar-refractivity contribution in [3.8, 4) is 0 Å². The summed E-state index contributed by atoms with van der Waals surface area (Å²) in [6.07, 6.45) is 1.64. The topological polar surface area (TPSA) is 75.1 Å². The molecule has 0 aliphatic heterocycles. The molecule has 0 aliphatic rings. The summed E-state index contributed by atoms with van der Waals surface area (Å²) in [5.74, 6) is -0.910. The van der Waals surface area contributed by atoms with Crippen molar-refractivity contribution in [1.82, 2.24) is 9.97 Å². The maximum atomic E-state index is 11.0. The van der Waals surface area contributed by atoms with Gasteiger partial charge in [-0.15, -0.1) is 11.3 Å². The zero-order valence-corrected chi connectivity index (χ0v) is 9.71. The molecule has 6 heteroatoms. The first-order valence-corrected chi connectivity index (χ1v) is 5.58. The van der Waals surface area contributed by atoms with Gasteiger partial charge >= 0.3 is 5.97 Å². The summed E-state index contributed by atoms with van der Waals surface area (Å²) in [7, 11) is 0. The van der Waals surface area contributed by atoms with Crippen LogP contribution < -0.4 is 5.32 Å². The van der Waals surface area contributed by atoms with Gasteiger partial charge in [-0.3, -0.25) is 0 Å². The molecule has 0 aromatic carbocycles. The SMILES string of the molecule is CC(C)(Nc1ccnc2scnc12)C(=O)O. The van der Waals surface area contributed by atoms with Crippen LogP contribution in [0.4, 0.5) is 5.69 Å². The summed E-state index contributed by atoms with van der Waals surface area (Å²) in [5.41, 5.74) is 2.06. The summed E-state index contributed by atoms with van der Waals surface area (Å²) in [6.45, 7) is 3.21. The maximum Gasteiger partial charge on any atom is 0.328 e. The first-order chi connectivity index (χ1) is 7.50. The number of anilines is 1. The van der Waals surface area contributed by atoms with E-state index in [9.17, 15) is 4.79 Å². The molecule has 0 radical (unpaired) electrons. The number of hydrogen-bond donors (Lipinski definition) is 2. The number of nitrogens with zero attached hydrogens (tertiary/aromatic N) is 2. The van der Waals surface area contributed by atoms with E-state index < -0.39 is 11.5 Å². The van der Waals surface area contributed by atoms with E-state index in [0.717, 1.165) is 4.83 Å². The highest BCUT2D eigenvalue weighted by molar-refractivity contribution is 7.16. The number of carbonyl (C=O) groups is 1. The Balaban J connectivity index is 2.41. The lowest BCUT2D eigenvalue weighted by atomic mass is 10.1. The fourth-order valence-corrected chi connectivity index (χ4v) is 1.92. The van der Waals surface area contributed by atoms with E-state index >= 15 is 0 Å². The number of thiazole rings is 1. The average molecular weight is 237 g/mol. The number of carboxylic acid groups (broad SMARTS) is 1. The number of pyridine rings is 1. The first kappa shape index (κ1) is 10.8. The molecule has 0 unspecified atom stereocenters. The first-order valence-electron chi connectivity index (χ1n) is 4.70. The quantitative estimate of drug-likeness (QED) is 0.853. The third kappa shape index (κ3) is 1.83. The van der Waals surface area contributed by atoms with E-state index in [-0.39, 0.29) is 0 Å². The summed E-state index contributed by atoms with van der Waals surface area (Å²) in [5, 5.41) is 12.0. The van der Waals surface area contributed by atoms with Gasteiger partial charge in [-0.25, -0.2) is 14.8 Å². The predicted molar refractivity (Wildman–Crippen MR) is 62.8 cm³/mol. The van der Waals surface area contributed by atoms with Gasteiger partial charge in [0.15, 0.2) is 0 Å². The highest BCUT2D eigenvalue weighted by atomic mass is 32.1. The molecular weight excluding hydrogens is 226 g/mol. The molecule has 0 saturated heterocycles. The molecule has 0 atom stereocenters. The Labute approximate surface area is 96.2 Å². The number of hydrogen-bond acceptors (Lipinski definition) is 5. The Morgan fingerprint density at radius 3 is 2.94 bits per heavy atom. The lowest BCUT2D eigenvalue weighted by Crippen LogP contribution is -2.40. The standard InChI is InChI=1S/C10H11N3O2S/c1-10(2,9(14)15)13-6-3-4-11-8-7(6)12-5-16-8/h3-5H,1-2H3,(H,11,13)(H,14,15). The van der Waals surface area contributed by atoms with Crippen molar-refractivity contribution in [3.05, 3.63) is 17.8 Å². The number of rotatable bonds is 3. The van der Waals surface area contributed by atoms with Gasteiger partial charge in [-0.2, -0.15) is 0 Å². The summed E-state index contributed by atoms with van der Waals surface area (Å²) >= 11 is 1.43. The highest BCUT2D eigenvalue weighted by Gasteiger charge is 2.27. The third-order valence-electron chi connectivity index (χ3n) is 2.22. The Morgan fingerprint density at radius 2 is 2.25 bits per heavy atom. The van der Waals surface area contributed by atoms with E-state index in [1.807, 2.05) is 0 Å². The number of aliphatic carboxylic acids is 1. The number of fused-ring (bicyclic) bond motifs is 1. The fraction of sp³-hybridized carbons (Fsp3) is 0.300.